The SMILES string of the molecule is COC(=O)C1(C)CN(CC(=O)Nc2cccc(S(C)(=O)=O)c2)N=C1c1ccc(Cl)cc1. The van der Waals surface area contributed by atoms with Gasteiger partial charge in [0.25, 0.3) is 0 Å². The third kappa shape index (κ3) is 5.05. The van der Waals surface area contributed by atoms with Crippen molar-refractivity contribution in [3.8, 4) is 0 Å². The summed E-state index contributed by atoms with van der Waals surface area (Å²) in [5.74, 6) is -0.871. The molecule has 1 unspecified atom stereocenters. The predicted octanol–water partition coefficient (Wildman–Crippen LogP) is 2.58. The number of nitrogens with one attached hydrogen (secondary N) is 1. The molecule has 8 nitrogen and oxygen atoms in total. The molecule has 2 aromatic rings. The van der Waals surface area contributed by atoms with Crippen LogP contribution in [-0.2, 0) is 24.2 Å². The van der Waals surface area contributed by atoms with Gasteiger partial charge < -0.3 is 10.1 Å². The van der Waals surface area contributed by atoms with Crippen LogP contribution >= 0.6 is 11.6 Å². The van der Waals surface area contributed by atoms with Crippen LogP contribution in [0.2, 0.25) is 5.02 Å². The van der Waals surface area contributed by atoms with Gasteiger partial charge in [-0.15, -0.1) is 0 Å². The molecule has 10 heteroatoms. The summed E-state index contributed by atoms with van der Waals surface area (Å²) in [6, 6.07) is 12.9. The van der Waals surface area contributed by atoms with E-state index in [4.69, 9.17) is 16.3 Å². The number of halogens is 1. The third-order valence-electron chi connectivity index (χ3n) is 4.89. The lowest BCUT2D eigenvalue weighted by molar-refractivity contribution is -0.148. The van der Waals surface area contributed by atoms with Crippen molar-refractivity contribution < 1.29 is 22.7 Å². The molecular weight excluding hydrogens is 442 g/mol. The third-order valence-corrected chi connectivity index (χ3v) is 6.25. The summed E-state index contributed by atoms with van der Waals surface area (Å²) in [4.78, 5) is 25.2. The zero-order valence-electron chi connectivity index (χ0n) is 17.3. The van der Waals surface area contributed by atoms with Crippen LogP contribution in [0.5, 0.6) is 0 Å². The average molecular weight is 464 g/mol. The summed E-state index contributed by atoms with van der Waals surface area (Å²) in [6.45, 7) is 1.72. The van der Waals surface area contributed by atoms with Crippen LogP contribution in [0.1, 0.15) is 12.5 Å². The molecule has 2 aromatic carbocycles. The van der Waals surface area contributed by atoms with Crippen molar-refractivity contribution >= 4 is 44.7 Å². The first-order valence-electron chi connectivity index (χ1n) is 9.31. The number of hydrogen-bond acceptors (Lipinski definition) is 7. The Morgan fingerprint density at radius 1 is 1.23 bits per heavy atom. The number of esters is 1. The molecule has 1 aliphatic rings. The van der Waals surface area contributed by atoms with Gasteiger partial charge in [-0.05, 0) is 42.8 Å². The summed E-state index contributed by atoms with van der Waals surface area (Å²) in [5.41, 5.74) is 0.452. The van der Waals surface area contributed by atoms with Crippen molar-refractivity contribution in [3.05, 3.63) is 59.1 Å². The number of amides is 1. The zero-order chi connectivity index (χ0) is 22.8. The highest BCUT2D eigenvalue weighted by molar-refractivity contribution is 7.90. The number of nitrogens with zero attached hydrogens (tertiary/aromatic N) is 2. The molecule has 31 heavy (non-hydrogen) atoms. The summed E-state index contributed by atoms with van der Waals surface area (Å²) in [5, 5.41) is 9.20. The minimum Gasteiger partial charge on any atom is -0.468 e. The molecule has 0 saturated carbocycles. The van der Waals surface area contributed by atoms with Gasteiger partial charge in [-0.3, -0.25) is 14.6 Å². The lowest BCUT2D eigenvalue weighted by atomic mass is 9.82. The quantitative estimate of drug-likeness (QED) is 0.660. The Morgan fingerprint density at radius 3 is 2.52 bits per heavy atom. The molecule has 1 N–H and O–H groups in total. The number of methoxy groups -OCH3 is 1. The second-order valence-electron chi connectivity index (χ2n) is 7.45. The van der Waals surface area contributed by atoms with E-state index in [9.17, 15) is 18.0 Å². The van der Waals surface area contributed by atoms with E-state index in [2.05, 4.69) is 10.4 Å². The normalized spacial score (nSPS) is 18.5. The van der Waals surface area contributed by atoms with Crippen LogP contribution < -0.4 is 5.32 Å². The maximum atomic E-state index is 12.6. The number of carbonyl (C=O) groups excluding carboxylic acids is 2. The predicted molar refractivity (Wildman–Crippen MR) is 118 cm³/mol. The molecule has 0 bridgehead atoms. The van der Waals surface area contributed by atoms with Crippen LogP contribution in [0.15, 0.2) is 58.5 Å². The fourth-order valence-electron chi connectivity index (χ4n) is 3.36. The molecule has 1 heterocycles. The van der Waals surface area contributed by atoms with Crippen molar-refractivity contribution in [3.63, 3.8) is 0 Å². The topological polar surface area (TPSA) is 105 Å². The summed E-state index contributed by atoms with van der Waals surface area (Å²) >= 11 is 5.96. The van der Waals surface area contributed by atoms with Crippen LogP contribution in [0.3, 0.4) is 0 Å². The molecule has 0 spiro atoms. The molecule has 0 saturated heterocycles. The fraction of sp³-hybridized carbons (Fsp3) is 0.286. The molecule has 0 radical (unpaired) electrons. The van der Waals surface area contributed by atoms with E-state index in [0.717, 1.165) is 6.26 Å². The van der Waals surface area contributed by atoms with E-state index in [1.165, 1.54) is 24.3 Å². The van der Waals surface area contributed by atoms with E-state index >= 15 is 0 Å². The highest BCUT2D eigenvalue weighted by Crippen LogP contribution is 2.33. The highest BCUT2D eigenvalue weighted by Gasteiger charge is 2.47. The molecule has 1 atom stereocenters. The Morgan fingerprint density at radius 2 is 1.90 bits per heavy atom. The van der Waals surface area contributed by atoms with Crippen LogP contribution in [0.4, 0.5) is 5.69 Å². The number of hydrogen-bond donors (Lipinski definition) is 1. The Bertz CT molecular complexity index is 1150. The number of anilines is 1. The van der Waals surface area contributed by atoms with E-state index in [-0.39, 0.29) is 18.0 Å². The van der Waals surface area contributed by atoms with E-state index in [0.29, 0.717) is 22.0 Å². The summed E-state index contributed by atoms with van der Waals surface area (Å²) in [7, 11) is -2.09. The second kappa shape index (κ2) is 8.68. The summed E-state index contributed by atoms with van der Waals surface area (Å²) in [6.07, 6.45) is 1.10. The van der Waals surface area contributed by atoms with Gasteiger partial charge in [0.15, 0.2) is 9.84 Å². The van der Waals surface area contributed by atoms with Crippen molar-refractivity contribution in [2.75, 3.05) is 31.8 Å². The first kappa shape index (κ1) is 22.8. The van der Waals surface area contributed by atoms with Crippen molar-refractivity contribution in [2.24, 2.45) is 10.5 Å². The number of ether oxygens (including phenoxy) is 1. The van der Waals surface area contributed by atoms with Crippen molar-refractivity contribution in [2.45, 2.75) is 11.8 Å². The molecule has 0 aliphatic carbocycles. The molecule has 0 aromatic heterocycles. The molecule has 1 amide bonds. The standard InChI is InChI=1S/C21H22ClN3O5S/c1-21(20(27)30-2)13-25(24-19(21)14-7-9-15(22)10-8-14)12-18(26)23-16-5-4-6-17(11-16)31(3,28)29/h4-11H,12-13H2,1-3H3,(H,23,26). The molecule has 164 valence electrons. The van der Waals surface area contributed by atoms with Gasteiger partial charge in [-0.2, -0.15) is 5.10 Å². The average Bonchev–Trinajstić information content (AvgIpc) is 3.04. The Balaban J connectivity index is 1.80. The second-order valence-corrected chi connectivity index (χ2v) is 9.90. The highest BCUT2D eigenvalue weighted by atomic mass is 35.5. The van der Waals surface area contributed by atoms with Crippen molar-refractivity contribution in [1.29, 1.82) is 0 Å². The fourth-order valence-corrected chi connectivity index (χ4v) is 4.15. The molecule has 3 rings (SSSR count). The molecular formula is C21H22ClN3O5S. The lowest BCUT2D eigenvalue weighted by Crippen LogP contribution is -2.41. The van der Waals surface area contributed by atoms with Gasteiger partial charge in [-0.1, -0.05) is 29.8 Å². The van der Waals surface area contributed by atoms with E-state index in [1.807, 2.05) is 0 Å². The first-order valence-corrected chi connectivity index (χ1v) is 11.6. The Hall–Kier alpha value is -2.91. The number of benzene rings is 2. The smallest absolute Gasteiger partial charge is 0.319 e. The maximum Gasteiger partial charge on any atom is 0.319 e. The molecule has 0 fully saturated rings. The van der Waals surface area contributed by atoms with Gasteiger partial charge in [0, 0.05) is 17.0 Å². The van der Waals surface area contributed by atoms with Crippen LogP contribution in [-0.4, -0.2) is 57.5 Å². The van der Waals surface area contributed by atoms with Gasteiger partial charge in [0.1, 0.15) is 12.0 Å². The van der Waals surface area contributed by atoms with Crippen LogP contribution in [0, 0.1) is 5.41 Å². The minimum absolute atomic E-state index is 0.104. The Labute approximate surface area is 185 Å². The van der Waals surface area contributed by atoms with Gasteiger partial charge in [-0.25, -0.2) is 8.42 Å². The maximum absolute atomic E-state index is 12.6. The number of rotatable bonds is 6. The van der Waals surface area contributed by atoms with Gasteiger partial charge >= 0.3 is 5.97 Å². The van der Waals surface area contributed by atoms with Gasteiger partial charge in [0.2, 0.25) is 5.91 Å². The first-order chi connectivity index (χ1) is 14.5. The van der Waals surface area contributed by atoms with Crippen LogP contribution in [0.25, 0.3) is 0 Å². The lowest BCUT2D eigenvalue weighted by Gasteiger charge is -2.23. The molecule has 1 aliphatic heterocycles. The number of hydrazone groups is 1. The summed E-state index contributed by atoms with van der Waals surface area (Å²) < 4.78 is 28.4. The van der Waals surface area contributed by atoms with E-state index in [1.54, 1.807) is 43.3 Å². The zero-order valence-corrected chi connectivity index (χ0v) is 18.8. The van der Waals surface area contributed by atoms with E-state index < -0.39 is 27.1 Å². The van der Waals surface area contributed by atoms with Crippen molar-refractivity contribution in [1.82, 2.24) is 5.01 Å². The van der Waals surface area contributed by atoms with Gasteiger partial charge in [0.05, 0.1) is 24.3 Å². The minimum atomic E-state index is -3.40. The number of carbonyl (C=O) groups is 2. The number of sulfone groups is 1. The largest absolute Gasteiger partial charge is 0.468 e. The Kier molecular flexibility index (Phi) is 6.38. The monoisotopic (exact) mass is 463 g/mol.